The largest absolute Gasteiger partial charge is 0.352 e. The molecule has 2 fully saturated rings. The summed E-state index contributed by atoms with van der Waals surface area (Å²) in [7, 11) is 0. The standard InChI is InChI=1S/C14H26N2O/c1-9-5-4-6-10(2)13(9)15-11(3)14(17)16-12-7-8-12/h9-13,15H,4-8H2,1-3H3,(H,16,17). The summed E-state index contributed by atoms with van der Waals surface area (Å²) in [6.45, 7) is 6.60. The Morgan fingerprint density at radius 3 is 2.24 bits per heavy atom. The zero-order valence-electron chi connectivity index (χ0n) is 11.3. The van der Waals surface area contributed by atoms with Gasteiger partial charge < -0.3 is 10.6 Å². The Balaban J connectivity index is 1.82. The highest BCUT2D eigenvalue weighted by Gasteiger charge is 2.31. The van der Waals surface area contributed by atoms with Gasteiger partial charge in [-0.15, -0.1) is 0 Å². The average Bonchev–Trinajstić information content (AvgIpc) is 3.07. The molecular weight excluding hydrogens is 212 g/mol. The number of carbonyl (C=O) groups excluding carboxylic acids is 1. The highest BCUT2D eigenvalue weighted by atomic mass is 16.2. The Labute approximate surface area is 105 Å². The fraction of sp³-hybridized carbons (Fsp3) is 0.929. The molecule has 3 heteroatoms. The number of rotatable bonds is 4. The van der Waals surface area contributed by atoms with Crippen molar-refractivity contribution in [2.45, 2.75) is 71.0 Å². The van der Waals surface area contributed by atoms with Crippen molar-refractivity contribution in [2.75, 3.05) is 0 Å². The number of carbonyl (C=O) groups is 1. The van der Waals surface area contributed by atoms with E-state index < -0.39 is 0 Å². The Kier molecular flexibility index (Phi) is 4.08. The lowest BCUT2D eigenvalue weighted by molar-refractivity contribution is -0.123. The van der Waals surface area contributed by atoms with Gasteiger partial charge in [-0.3, -0.25) is 4.79 Å². The third-order valence-corrected chi connectivity index (χ3v) is 4.30. The lowest BCUT2D eigenvalue weighted by Gasteiger charge is -2.37. The van der Waals surface area contributed by atoms with E-state index in [1.165, 1.54) is 19.3 Å². The molecule has 2 saturated carbocycles. The van der Waals surface area contributed by atoms with Gasteiger partial charge in [0, 0.05) is 12.1 Å². The van der Waals surface area contributed by atoms with Crippen molar-refractivity contribution in [3.8, 4) is 0 Å². The van der Waals surface area contributed by atoms with Crippen LogP contribution in [0.1, 0.15) is 52.9 Å². The number of hydrogen-bond acceptors (Lipinski definition) is 2. The molecule has 2 N–H and O–H groups in total. The second kappa shape index (κ2) is 5.38. The molecule has 0 aromatic heterocycles. The summed E-state index contributed by atoms with van der Waals surface area (Å²) >= 11 is 0. The van der Waals surface area contributed by atoms with Gasteiger partial charge in [-0.25, -0.2) is 0 Å². The van der Waals surface area contributed by atoms with Gasteiger partial charge in [0.2, 0.25) is 5.91 Å². The Morgan fingerprint density at radius 1 is 1.12 bits per heavy atom. The van der Waals surface area contributed by atoms with E-state index in [2.05, 4.69) is 24.5 Å². The lowest BCUT2D eigenvalue weighted by atomic mass is 9.78. The van der Waals surface area contributed by atoms with Crippen LogP contribution in [-0.2, 0) is 4.79 Å². The first-order chi connectivity index (χ1) is 8.08. The second-order valence-corrected chi connectivity index (χ2v) is 6.08. The smallest absolute Gasteiger partial charge is 0.237 e. The van der Waals surface area contributed by atoms with Crippen molar-refractivity contribution < 1.29 is 4.79 Å². The molecule has 0 saturated heterocycles. The lowest BCUT2D eigenvalue weighted by Crippen LogP contribution is -2.52. The van der Waals surface area contributed by atoms with Crippen LogP contribution < -0.4 is 10.6 Å². The Morgan fingerprint density at radius 2 is 1.71 bits per heavy atom. The van der Waals surface area contributed by atoms with Crippen LogP contribution >= 0.6 is 0 Å². The zero-order valence-corrected chi connectivity index (χ0v) is 11.3. The van der Waals surface area contributed by atoms with Gasteiger partial charge in [-0.05, 0) is 44.4 Å². The van der Waals surface area contributed by atoms with E-state index in [9.17, 15) is 4.79 Å². The van der Waals surface area contributed by atoms with Crippen LogP contribution in [0, 0.1) is 11.8 Å². The van der Waals surface area contributed by atoms with Crippen LogP contribution in [0.4, 0.5) is 0 Å². The molecule has 3 unspecified atom stereocenters. The van der Waals surface area contributed by atoms with Gasteiger partial charge in [0.25, 0.3) is 0 Å². The average molecular weight is 238 g/mol. The summed E-state index contributed by atoms with van der Waals surface area (Å²) in [6.07, 6.45) is 6.24. The van der Waals surface area contributed by atoms with Crippen molar-refractivity contribution >= 4 is 5.91 Å². The molecule has 2 rings (SSSR count). The first-order valence-electron chi connectivity index (χ1n) is 7.14. The Bertz CT molecular complexity index is 265. The summed E-state index contributed by atoms with van der Waals surface area (Å²) < 4.78 is 0. The van der Waals surface area contributed by atoms with Crippen LogP contribution in [0.2, 0.25) is 0 Å². The minimum Gasteiger partial charge on any atom is -0.352 e. The predicted molar refractivity (Wildman–Crippen MR) is 69.7 cm³/mol. The summed E-state index contributed by atoms with van der Waals surface area (Å²) in [6, 6.07) is 0.917. The molecule has 3 nitrogen and oxygen atoms in total. The maximum atomic E-state index is 11.9. The van der Waals surface area contributed by atoms with E-state index in [0.29, 0.717) is 23.9 Å². The van der Waals surface area contributed by atoms with Crippen molar-refractivity contribution in [1.29, 1.82) is 0 Å². The molecule has 17 heavy (non-hydrogen) atoms. The number of hydrogen-bond donors (Lipinski definition) is 2. The molecule has 0 heterocycles. The Hall–Kier alpha value is -0.570. The van der Waals surface area contributed by atoms with E-state index in [0.717, 1.165) is 12.8 Å². The van der Waals surface area contributed by atoms with Crippen molar-refractivity contribution in [1.82, 2.24) is 10.6 Å². The van der Waals surface area contributed by atoms with E-state index >= 15 is 0 Å². The van der Waals surface area contributed by atoms with Crippen molar-refractivity contribution in [3.63, 3.8) is 0 Å². The van der Waals surface area contributed by atoms with E-state index in [-0.39, 0.29) is 11.9 Å². The first-order valence-corrected chi connectivity index (χ1v) is 7.14. The van der Waals surface area contributed by atoms with Gasteiger partial charge in [0.1, 0.15) is 0 Å². The molecule has 98 valence electrons. The first kappa shape index (κ1) is 12.9. The van der Waals surface area contributed by atoms with Gasteiger partial charge in [-0.1, -0.05) is 20.3 Å². The molecular formula is C14H26N2O. The van der Waals surface area contributed by atoms with Crippen LogP contribution in [0.25, 0.3) is 0 Å². The highest BCUT2D eigenvalue weighted by Crippen LogP contribution is 2.29. The molecule has 0 bridgehead atoms. The van der Waals surface area contributed by atoms with Gasteiger partial charge in [0.15, 0.2) is 0 Å². The van der Waals surface area contributed by atoms with Gasteiger partial charge in [-0.2, -0.15) is 0 Å². The summed E-state index contributed by atoms with van der Waals surface area (Å²) in [4.78, 5) is 11.9. The maximum Gasteiger partial charge on any atom is 0.237 e. The molecule has 0 radical (unpaired) electrons. The zero-order chi connectivity index (χ0) is 12.4. The molecule has 3 atom stereocenters. The quantitative estimate of drug-likeness (QED) is 0.787. The van der Waals surface area contributed by atoms with Gasteiger partial charge >= 0.3 is 0 Å². The van der Waals surface area contributed by atoms with Crippen molar-refractivity contribution in [2.24, 2.45) is 11.8 Å². The SMILES string of the molecule is CC(NC1C(C)CCCC1C)C(=O)NC1CC1. The van der Waals surface area contributed by atoms with E-state index in [4.69, 9.17) is 0 Å². The van der Waals surface area contributed by atoms with E-state index in [1.807, 2.05) is 6.92 Å². The number of amides is 1. The molecule has 0 aromatic carbocycles. The maximum absolute atomic E-state index is 11.9. The normalized spacial score (nSPS) is 35.4. The van der Waals surface area contributed by atoms with Crippen LogP contribution in [0.3, 0.4) is 0 Å². The van der Waals surface area contributed by atoms with Crippen LogP contribution in [0.15, 0.2) is 0 Å². The molecule has 0 aromatic rings. The summed E-state index contributed by atoms with van der Waals surface area (Å²) in [5, 5.41) is 6.61. The van der Waals surface area contributed by atoms with E-state index in [1.54, 1.807) is 0 Å². The predicted octanol–water partition coefficient (Wildman–Crippen LogP) is 2.07. The fourth-order valence-corrected chi connectivity index (χ4v) is 2.93. The third kappa shape index (κ3) is 3.44. The number of nitrogens with one attached hydrogen (secondary N) is 2. The molecule has 2 aliphatic rings. The molecule has 0 spiro atoms. The fourth-order valence-electron chi connectivity index (χ4n) is 2.93. The molecule has 0 aliphatic heterocycles. The summed E-state index contributed by atoms with van der Waals surface area (Å²) in [5.41, 5.74) is 0. The molecule has 1 amide bonds. The molecule has 2 aliphatic carbocycles. The topological polar surface area (TPSA) is 41.1 Å². The summed E-state index contributed by atoms with van der Waals surface area (Å²) in [5.74, 6) is 1.56. The monoisotopic (exact) mass is 238 g/mol. The highest BCUT2D eigenvalue weighted by molar-refractivity contribution is 5.81. The van der Waals surface area contributed by atoms with Gasteiger partial charge in [0.05, 0.1) is 6.04 Å². The third-order valence-electron chi connectivity index (χ3n) is 4.30. The minimum absolute atomic E-state index is 0.0522. The minimum atomic E-state index is -0.0522. The van der Waals surface area contributed by atoms with Crippen molar-refractivity contribution in [3.05, 3.63) is 0 Å². The van der Waals surface area contributed by atoms with Crippen LogP contribution in [0.5, 0.6) is 0 Å². The van der Waals surface area contributed by atoms with Crippen LogP contribution in [-0.4, -0.2) is 24.0 Å². The second-order valence-electron chi connectivity index (χ2n) is 6.08.